The number of hydrogen-bond donors (Lipinski definition) is 2. The van der Waals surface area contributed by atoms with Crippen LogP contribution in [0, 0.1) is 0 Å². The minimum atomic E-state index is -0.701. The lowest BCUT2D eigenvalue weighted by atomic mass is 10.0. The van der Waals surface area contributed by atoms with Gasteiger partial charge in [0.1, 0.15) is 0 Å². The maximum Gasteiger partial charge on any atom is 0.304 e. The Balaban J connectivity index is 3.21. The first-order chi connectivity index (χ1) is 9.70. The van der Waals surface area contributed by atoms with E-state index in [1.807, 2.05) is 7.05 Å². The number of aliphatic carboxylic acids is 1. The van der Waals surface area contributed by atoms with Gasteiger partial charge in [-0.15, -0.1) is 0 Å². The van der Waals surface area contributed by atoms with Crippen molar-refractivity contribution in [3.05, 3.63) is 0 Å². The van der Waals surface area contributed by atoms with Crippen LogP contribution in [0.25, 0.3) is 0 Å². The SMILES string of the molecule is CCCCCCCCCCCCC[C@@H](CC(=O)O)NC. The first-order valence-corrected chi connectivity index (χ1v) is 8.59. The van der Waals surface area contributed by atoms with Gasteiger partial charge in [0.15, 0.2) is 0 Å². The van der Waals surface area contributed by atoms with Crippen LogP contribution in [0.1, 0.15) is 90.4 Å². The van der Waals surface area contributed by atoms with Gasteiger partial charge in [-0.2, -0.15) is 0 Å². The Kier molecular flexibility index (Phi) is 14.4. The number of hydrogen-bond acceptors (Lipinski definition) is 2. The van der Waals surface area contributed by atoms with Crippen LogP contribution in [0.15, 0.2) is 0 Å². The van der Waals surface area contributed by atoms with Crippen molar-refractivity contribution in [3.63, 3.8) is 0 Å². The minimum absolute atomic E-state index is 0.145. The van der Waals surface area contributed by atoms with Gasteiger partial charge in [0, 0.05) is 6.04 Å². The van der Waals surface area contributed by atoms with Crippen molar-refractivity contribution in [3.8, 4) is 0 Å². The zero-order valence-corrected chi connectivity index (χ0v) is 13.6. The van der Waals surface area contributed by atoms with E-state index in [1.165, 1.54) is 64.2 Å². The number of nitrogens with one attached hydrogen (secondary N) is 1. The van der Waals surface area contributed by atoms with E-state index >= 15 is 0 Å². The number of rotatable bonds is 15. The van der Waals surface area contributed by atoms with Crippen LogP contribution in [0.5, 0.6) is 0 Å². The van der Waals surface area contributed by atoms with Gasteiger partial charge in [-0.1, -0.05) is 77.6 Å². The van der Waals surface area contributed by atoms with Crippen LogP contribution in [0.4, 0.5) is 0 Å². The third-order valence-corrected chi connectivity index (χ3v) is 3.99. The Labute approximate surface area is 125 Å². The maximum atomic E-state index is 10.6. The monoisotopic (exact) mass is 285 g/mol. The predicted octanol–water partition coefficient (Wildman–Crippen LogP) is 4.75. The van der Waals surface area contributed by atoms with Crippen molar-refractivity contribution in [2.24, 2.45) is 0 Å². The van der Waals surface area contributed by atoms with Crippen molar-refractivity contribution in [1.29, 1.82) is 0 Å². The van der Waals surface area contributed by atoms with Gasteiger partial charge in [0.05, 0.1) is 6.42 Å². The van der Waals surface area contributed by atoms with Gasteiger partial charge < -0.3 is 10.4 Å². The summed E-state index contributed by atoms with van der Waals surface area (Å²) in [5, 5.41) is 11.8. The molecular formula is C17H35NO2. The summed E-state index contributed by atoms with van der Waals surface area (Å²) in [6.07, 6.45) is 16.0. The lowest BCUT2D eigenvalue weighted by Gasteiger charge is -2.13. The fraction of sp³-hybridized carbons (Fsp3) is 0.941. The lowest BCUT2D eigenvalue weighted by molar-refractivity contribution is -0.137. The molecule has 3 heteroatoms. The van der Waals surface area contributed by atoms with Gasteiger partial charge in [-0.25, -0.2) is 0 Å². The van der Waals surface area contributed by atoms with E-state index in [0.717, 1.165) is 12.8 Å². The van der Waals surface area contributed by atoms with Crippen molar-refractivity contribution < 1.29 is 9.90 Å². The molecule has 0 spiro atoms. The van der Waals surface area contributed by atoms with Crippen molar-refractivity contribution >= 4 is 5.97 Å². The number of carbonyl (C=O) groups is 1. The second-order valence-corrected chi connectivity index (χ2v) is 5.91. The first kappa shape index (κ1) is 19.4. The van der Waals surface area contributed by atoms with Gasteiger partial charge in [-0.05, 0) is 13.5 Å². The summed E-state index contributed by atoms with van der Waals surface area (Å²) < 4.78 is 0. The van der Waals surface area contributed by atoms with Crippen LogP contribution >= 0.6 is 0 Å². The molecule has 1 atom stereocenters. The summed E-state index contributed by atoms with van der Waals surface area (Å²) in [5.74, 6) is -0.701. The van der Waals surface area contributed by atoms with Crippen LogP contribution in [0.3, 0.4) is 0 Å². The van der Waals surface area contributed by atoms with Crippen LogP contribution in [0.2, 0.25) is 0 Å². The Morgan fingerprint density at radius 1 is 0.900 bits per heavy atom. The average molecular weight is 285 g/mol. The third-order valence-electron chi connectivity index (χ3n) is 3.99. The zero-order valence-electron chi connectivity index (χ0n) is 13.6. The summed E-state index contributed by atoms with van der Waals surface area (Å²) >= 11 is 0. The molecule has 0 aromatic rings. The molecule has 0 bridgehead atoms. The molecule has 0 aliphatic rings. The molecule has 0 aromatic carbocycles. The summed E-state index contributed by atoms with van der Waals surface area (Å²) in [5.41, 5.74) is 0. The summed E-state index contributed by atoms with van der Waals surface area (Å²) in [7, 11) is 1.85. The normalized spacial score (nSPS) is 12.5. The van der Waals surface area contributed by atoms with Crippen molar-refractivity contribution in [2.75, 3.05) is 7.05 Å². The third kappa shape index (κ3) is 13.9. The van der Waals surface area contributed by atoms with Crippen molar-refractivity contribution in [1.82, 2.24) is 5.32 Å². The molecule has 0 aliphatic carbocycles. The Morgan fingerprint density at radius 2 is 1.35 bits per heavy atom. The number of carboxylic acid groups (broad SMARTS) is 1. The molecule has 0 heterocycles. The highest BCUT2D eigenvalue weighted by Crippen LogP contribution is 2.13. The fourth-order valence-electron chi connectivity index (χ4n) is 2.61. The largest absolute Gasteiger partial charge is 0.481 e. The molecule has 0 amide bonds. The lowest BCUT2D eigenvalue weighted by Crippen LogP contribution is -2.27. The molecule has 0 fully saturated rings. The van der Waals surface area contributed by atoms with Gasteiger partial charge in [0.25, 0.3) is 0 Å². The molecule has 2 N–H and O–H groups in total. The average Bonchev–Trinajstić information content (AvgIpc) is 2.43. The van der Waals surface area contributed by atoms with Gasteiger partial charge >= 0.3 is 5.97 Å². The Hall–Kier alpha value is -0.570. The first-order valence-electron chi connectivity index (χ1n) is 8.59. The highest BCUT2D eigenvalue weighted by molar-refractivity contribution is 5.67. The molecule has 0 aliphatic heterocycles. The summed E-state index contributed by atoms with van der Waals surface area (Å²) in [6, 6.07) is 0.145. The molecule has 0 saturated heterocycles. The van der Waals surface area contributed by atoms with Crippen molar-refractivity contribution in [2.45, 2.75) is 96.4 Å². The van der Waals surface area contributed by atoms with Gasteiger partial charge in [0.2, 0.25) is 0 Å². The molecule has 3 nitrogen and oxygen atoms in total. The summed E-state index contributed by atoms with van der Waals surface area (Å²) in [6.45, 7) is 2.26. The van der Waals surface area contributed by atoms with Crippen LogP contribution < -0.4 is 5.32 Å². The van der Waals surface area contributed by atoms with E-state index in [2.05, 4.69) is 12.2 Å². The van der Waals surface area contributed by atoms with E-state index in [1.54, 1.807) is 0 Å². The second-order valence-electron chi connectivity index (χ2n) is 5.91. The van der Waals surface area contributed by atoms with E-state index in [0.29, 0.717) is 0 Å². The number of unbranched alkanes of at least 4 members (excludes halogenated alkanes) is 10. The van der Waals surface area contributed by atoms with E-state index in [9.17, 15) is 4.79 Å². The predicted molar refractivity (Wildman–Crippen MR) is 86.2 cm³/mol. The minimum Gasteiger partial charge on any atom is -0.481 e. The molecule has 120 valence electrons. The molecule has 0 radical (unpaired) electrons. The van der Waals surface area contributed by atoms with E-state index < -0.39 is 5.97 Å². The molecule has 0 aromatic heterocycles. The molecule has 0 saturated carbocycles. The smallest absolute Gasteiger partial charge is 0.304 e. The quantitative estimate of drug-likeness (QED) is 0.427. The fourth-order valence-corrected chi connectivity index (χ4v) is 2.61. The summed E-state index contributed by atoms with van der Waals surface area (Å²) in [4.78, 5) is 10.6. The van der Waals surface area contributed by atoms with Gasteiger partial charge in [-0.3, -0.25) is 4.79 Å². The molecular weight excluding hydrogens is 250 g/mol. The topological polar surface area (TPSA) is 49.3 Å². The highest BCUT2D eigenvalue weighted by Gasteiger charge is 2.09. The molecule has 0 unspecified atom stereocenters. The second kappa shape index (κ2) is 14.8. The van der Waals surface area contributed by atoms with E-state index in [4.69, 9.17) is 5.11 Å². The Bertz CT molecular complexity index is 219. The molecule has 0 rings (SSSR count). The molecule has 20 heavy (non-hydrogen) atoms. The Morgan fingerprint density at radius 3 is 1.75 bits per heavy atom. The standard InChI is InChI=1S/C17H35NO2/c1-3-4-5-6-7-8-9-10-11-12-13-14-16(18-2)15-17(19)20/h16,18H,3-15H2,1-2H3,(H,19,20)/t16-/m0/s1. The highest BCUT2D eigenvalue weighted by atomic mass is 16.4. The maximum absolute atomic E-state index is 10.6. The van der Waals surface area contributed by atoms with Crippen LogP contribution in [-0.2, 0) is 4.79 Å². The van der Waals surface area contributed by atoms with Crippen LogP contribution in [-0.4, -0.2) is 24.2 Å². The van der Waals surface area contributed by atoms with E-state index in [-0.39, 0.29) is 12.5 Å². The zero-order chi connectivity index (χ0) is 15.1. The number of carboxylic acids is 1.